The van der Waals surface area contributed by atoms with Crippen LogP contribution < -0.4 is 11.1 Å². The molecule has 1 heterocycles. The Morgan fingerprint density at radius 1 is 1.73 bits per heavy atom. The van der Waals surface area contributed by atoms with Crippen LogP contribution in [0.1, 0.15) is 13.3 Å². The van der Waals surface area contributed by atoms with Crippen molar-refractivity contribution in [3.8, 4) is 0 Å². The minimum Gasteiger partial charge on any atom is -0.311 e. The summed E-state index contributed by atoms with van der Waals surface area (Å²) in [6.45, 7) is 2.34. The second-order valence-corrected chi connectivity index (χ2v) is 2.41. The molecule has 0 saturated carbocycles. The summed E-state index contributed by atoms with van der Waals surface area (Å²) in [5.41, 5.74) is 5.51. The third-order valence-electron chi connectivity index (χ3n) is 1.64. The van der Waals surface area contributed by atoms with Crippen molar-refractivity contribution in [2.45, 2.75) is 19.5 Å². The van der Waals surface area contributed by atoms with Gasteiger partial charge in [-0.3, -0.25) is 10.1 Å². The summed E-state index contributed by atoms with van der Waals surface area (Å²) in [4.78, 5) is 23.1. The molecule has 1 saturated heterocycles. The number of urea groups is 1. The lowest BCUT2D eigenvalue weighted by Crippen LogP contribution is -2.58. The fraction of sp³-hybridized carbons (Fsp3) is 0.667. The van der Waals surface area contributed by atoms with Gasteiger partial charge in [0, 0.05) is 6.54 Å². The van der Waals surface area contributed by atoms with Crippen molar-refractivity contribution in [1.29, 1.82) is 0 Å². The summed E-state index contributed by atoms with van der Waals surface area (Å²) in [5.74, 6) is -0.299. The molecule has 3 amide bonds. The van der Waals surface area contributed by atoms with Crippen LogP contribution in [0.4, 0.5) is 4.79 Å². The zero-order valence-electron chi connectivity index (χ0n) is 6.33. The number of nitrogens with zero attached hydrogens (tertiary/aromatic N) is 1. The van der Waals surface area contributed by atoms with E-state index in [1.165, 1.54) is 4.90 Å². The lowest BCUT2D eigenvalue weighted by molar-refractivity contribution is -0.122. The van der Waals surface area contributed by atoms with E-state index in [9.17, 15) is 9.59 Å². The quantitative estimate of drug-likeness (QED) is 0.525. The molecule has 0 bridgehead atoms. The average Bonchev–Trinajstić information content (AvgIpc) is 1.85. The van der Waals surface area contributed by atoms with Crippen molar-refractivity contribution in [1.82, 2.24) is 10.2 Å². The molecule has 0 radical (unpaired) electrons. The first-order valence-electron chi connectivity index (χ1n) is 3.51. The molecule has 1 rings (SSSR count). The van der Waals surface area contributed by atoms with Crippen molar-refractivity contribution in [3.05, 3.63) is 0 Å². The zero-order valence-corrected chi connectivity index (χ0v) is 6.33. The SMILES string of the molecule is CCN1C(=O)NC(=O)CC1N. The topological polar surface area (TPSA) is 75.4 Å². The van der Waals surface area contributed by atoms with Gasteiger partial charge in [0.1, 0.15) is 0 Å². The fourth-order valence-corrected chi connectivity index (χ4v) is 1.07. The number of imide groups is 1. The molecule has 3 N–H and O–H groups in total. The molecule has 1 unspecified atom stereocenters. The van der Waals surface area contributed by atoms with Gasteiger partial charge in [0.25, 0.3) is 0 Å². The molecule has 1 aliphatic rings. The van der Waals surface area contributed by atoms with Gasteiger partial charge in [0.15, 0.2) is 0 Å². The van der Waals surface area contributed by atoms with Gasteiger partial charge in [-0.1, -0.05) is 0 Å². The predicted molar refractivity (Wildman–Crippen MR) is 38.5 cm³/mol. The molecule has 0 aromatic carbocycles. The summed E-state index contributed by atoms with van der Waals surface area (Å²) < 4.78 is 0. The Morgan fingerprint density at radius 2 is 2.36 bits per heavy atom. The smallest absolute Gasteiger partial charge is 0.311 e. The minimum atomic E-state index is -0.457. The molecule has 0 aromatic rings. The fourth-order valence-electron chi connectivity index (χ4n) is 1.07. The van der Waals surface area contributed by atoms with Gasteiger partial charge in [-0.05, 0) is 6.92 Å². The number of hydrogen-bond donors (Lipinski definition) is 2. The van der Waals surface area contributed by atoms with Crippen LogP contribution in [-0.2, 0) is 4.79 Å². The van der Waals surface area contributed by atoms with Crippen LogP contribution in [0.3, 0.4) is 0 Å². The van der Waals surface area contributed by atoms with E-state index >= 15 is 0 Å². The van der Waals surface area contributed by atoms with E-state index in [2.05, 4.69) is 5.32 Å². The Balaban J connectivity index is 2.66. The molecule has 11 heavy (non-hydrogen) atoms. The Morgan fingerprint density at radius 3 is 2.82 bits per heavy atom. The molecule has 62 valence electrons. The second kappa shape index (κ2) is 2.87. The summed E-state index contributed by atoms with van der Waals surface area (Å²) in [6.07, 6.45) is -0.263. The Bertz CT molecular complexity index is 192. The number of rotatable bonds is 1. The normalized spacial score (nSPS) is 25.3. The molecule has 1 aliphatic heterocycles. The number of carbonyl (C=O) groups excluding carboxylic acids is 2. The van der Waals surface area contributed by atoms with Crippen molar-refractivity contribution < 1.29 is 9.59 Å². The average molecular weight is 157 g/mol. The third-order valence-corrected chi connectivity index (χ3v) is 1.64. The lowest BCUT2D eigenvalue weighted by Gasteiger charge is -2.31. The second-order valence-electron chi connectivity index (χ2n) is 2.41. The van der Waals surface area contributed by atoms with Crippen LogP contribution >= 0.6 is 0 Å². The molecule has 1 fully saturated rings. The monoisotopic (exact) mass is 157 g/mol. The van der Waals surface area contributed by atoms with Crippen LogP contribution in [0.25, 0.3) is 0 Å². The molecule has 5 heteroatoms. The summed E-state index contributed by atoms with van der Waals surface area (Å²) >= 11 is 0. The first-order valence-corrected chi connectivity index (χ1v) is 3.51. The molecule has 0 aliphatic carbocycles. The maximum atomic E-state index is 11.0. The molecule has 0 spiro atoms. The third kappa shape index (κ3) is 1.48. The van der Waals surface area contributed by atoms with E-state index in [0.717, 1.165) is 0 Å². The number of carbonyl (C=O) groups is 2. The van der Waals surface area contributed by atoms with Crippen LogP contribution in [0.5, 0.6) is 0 Å². The summed E-state index contributed by atoms with van der Waals surface area (Å²) in [5, 5.41) is 2.18. The number of nitrogens with one attached hydrogen (secondary N) is 1. The van der Waals surface area contributed by atoms with Crippen LogP contribution in [0, 0.1) is 0 Å². The van der Waals surface area contributed by atoms with Gasteiger partial charge in [-0.25, -0.2) is 4.79 Å². The van der Waals surface area contributed by atoms with Gasteiger partial charge in [-0.2, -0.15) is 0 Å². The van der Waals surface area contributed by atoms with E-state index in [1.807, 2.05) is 6.92 Å². The summed E-state index contributed by atoms with van der Waals surface area (Å²) in [7, 11) is 0. The van der Waals surface area contributed by atoms with E-state index in [1.54, 1.807) is 0 Å². The van der Waals surface area contributed by atoms with Crippen LogP contribution in [0.2, 0.25) is 0 Å². The molecule has 0 aromatic heterocycles. The molecule has 1 atom stereocenters. The largest absolute Gasteiger partial charge is 0.325 e. The maximum absolute atomic E-state index is 11.0. The first-order chi connectivity index (χ1) is 5.15. The van der Waals surface area contributed by atoms with E-state index in [4.69, 9.17) is 5.73 Å². The highest BCUT2D eigenvalue weighted by atomic mass is 16.2. The van der Waals surface area contributed by atoms with Gasteiger partial charge >= 0.3 is 6.03 Å². The molecular weight excluding hydrogens is 146 g/mol. The van der Waals surface area contributed by atoms with Crippen LogP contribution in [0.15, 0.2) is 0 Å². The van der Waals surface area contributed by atoms with E-state index in [0.29, 0.717) is 6.54 Å². The first kappa shape index (κ1) is 8.00. The predicted octanol–water partition coefficient (Wildman–Crippen LogP) is -0.767. The Kier molecular flexibility index (Phi) is 2.09. The standard InChI is InChI=1S/C6H11N3O2/c1-2-9-4(7)3-5(10)8-6(9)11/h4H,2-3,7H2,1H3,(H,8,10,11). The van der Waals surface area contributed by atoms with E-state index < -0.39 is 12.2 Å². The number of nitrogens with two attached hydrogens (primary N) is 1. The van der Waals surface area contributed by atoms with Crippen LogP contribution in [-0.4, -0.2) is 29.5 Å². The highest BCUT2D eigenvalue weighted by Gasteiger charge is 2.27. The lowest BCUT2D eigenvalue weighted by atomic mass is 10.2. The Labute approximate surface area is 64.5 Å². The summed E-state index contributed by atoms with van der Waals surface area (Å²) in [6, 6.07) is -0.392. The molecule has 5 nitrogen and oxygen atoms in total. The maximum Gasteiger partial charge on any atom is 0.325 e. The van der Waals surface area contributed by atoms with Crippen molar-refractivity contribution in [2.75, 3.05) is 6.54 Å². The van der Waals surface area contributed by atoms with Gasteiger partial charge < -0.3 is 10.6 Å². The number of amides is 3. The minimum absolute atomic E-state index is 0.194. The zero-order chi connectivity index (χ0) is 8.43. The highest BCUT2D eigenvalue weighted by molar-refractivity contribution is 5.97. The number of hydrogen-bond acceptors (Lipinski definition) is 3. The highest BCUT2D eigenvalue weighted by Crippen LogP contribution is 2.04. The van der Waals surface area contributed by atoms with Gasteiger partial charge in [0.05, 0.1) is 12.6 Å². The van der Waals surface area contributed by atoms with Crippen molar-refractivity contribution in [3.63, 3.8) is 0 Å². The van der Waals surface area contributed by atoms with Gasteiger partial charge in [0.2, 0.25) is 5.91 Å². The van der Waals surface area contributed by atoms with Crippen molar-refractivity contribution >= 4 is 11.9 Å². The Hall–Kier alpha value is -1.10. The van der Waals surface area contributed by atoms with Gasteiger partial charge in [-0.15, -0.1) is 0 Å². The van der Waals surface area contributed by atoms with Crippen molar-refractivity contribution in [2.24, 2.45) is 5.73 Å². The van der Waals surface area contributed by atoms with E-state index in [-0.39, 0.29) is 12.3 Å². The molecular formula is C6H11N3O2.